The lowest BCUT2D eigenvalue weighted by molar-refractivity contribution is 0.705. The van der Waals surface area contributed by atoms with Gasteiger partial charge in [-0.15, -0.1) is 15.3 Å². The van der Waals surface area contributed by atoms with Crippen LogP contribution in [-0.2, 0) is 0 Å². The van der Waals surface area contributed by atoms with Crippen LogP contribution in [0.5, 0.6) is 0 Å². The molecule has 9 heteroatoms. The summed E-state index contributed by atoms with van der Waals surface area (Å²) in [5.74, 6) is 1.95. The van der Waals surface area contributed by atoms with Gasteiger partial charge in [0, 0.05) is 12.1 Å². The maximum atomic E-state index is 4.67. The molecule has 0 bridgehead atoms. The average Bonchev–Trinajstić information content (AvgIpc) is 3.40. The van der Waals surface area contributed by atoms with Gasteiger partial charge in [-0.25, -0.2) is 4.98 Å². The number of fused-ring (bicyclic) bond motifs is 1. The van der Waals surface area contributed by atoms with Crippen molar-refractivity contribution in [2.75, 3.05) is 10.6 Å². The van der Waals surface area contributed by atoms with Gasteiger partial charge in [-0.05, 0) is 43.2 Å². The van der Waals surface area contributed by atoms with Crippen molar-refractivity contribution >= 4 is 44.8 Å². The third-order valence-electron chi connectivity index (χ3n) is 4.76. The smallest absolute Gasteiger partial charge is 0.211 e. The van der Waals surface area contributed by atoms with Gasteiger partial charge in [-0.1, -0.05) is 24.2 Å². The predicted molar refractivity (Wildman–Crippen MR) is 109 cm³/mol. The number of hydrogen-bond acceptors (Lipinski definition) is 9. The van der Waals surface area contributed by atoms with Crippen LogP contribution in [0.1, 0.15) is 36.6 Å². The zero-order valence-corrected chi connectivity index (χ0v) is 15.9. The Morgan fingerprint density at radius 2 is 1.86 bits per heavy atom. The Balaban J connectivity index is 1.36. The summed E-state index contributed by atoms with van der Waals surface area (Å²) >= 11 is 1.62. The van der Waals surface area contributed by atoms with Crippen LogP contribution in [0.3, 0.4) is 0 Å². The molecular weight excluding hydrogens is 372 g/mol. The lowest BCUT2D eigenvalue weighted by atomic mass is 10.1. The standard InChI is InChI=1S/C19H18N8S/c1-2-5-12(4-1)18-26-27-19(28-18)24-16-8-7-14-15(23-16)10-13(11-20-14)22-17-6-3-9-21-25-17/h3,6-12H,1-2,4-5H2,(H,22,25)(H,23,24,27). The first-order valence-corrected chi connectivity index (χ1v) is 10.1. The molecule has 0 aliphatic heterocycles. The maximum Gasteiger partial charge on any atom is 0.211 e. The van der Waals surface area contributed by atoms with E-state index in [9.17, 15) is 0 Å². The molecule has 4 aromatic rings. The highest BCUT2D eigenvalue weighted by Crippen LogP contribution is 2.36. The predicted octanol–water partition coefficient (Wildman–Crippen LogP) is 4.42. The molecule has 1 aliphatic rings. The Morgan fingerprint density at radius 3 is 2.71 bits per heavy atom. The number of pyridine rings is 2. The Labute approximate surface area is 165 Å². The van der Waals surface area contributed by atoms with E-state index in [0.717, 1.165) is 32.7 Å². The molecule has 0 spiro atoms. The number of aromatic nitrogens is 6. The minimum atomic E-state index is 0.566. The normalized spacial score (nSPS) is 14.4. The minimum absolute atomic E-state index is 0.566. The SMILES string of the molecule is c1cnnc(Nc2cnc3ccc(Nc4nnc(C5CCCC5)s4)nc3c2)c1. The topological polar surface area (TPSA) is 101 Å². The summed E-state index contributed by atoms with van der Waals surface area (Å²) in [6.07, 6.45) is 8.40. The van der Waals surface area contributed by atoms with E-state index < -0.39 is 0 Å². The molecular formula is C19H18N8S. The lowest BCUT2D eigenvalue weighted by Gasteiger charge is -2.07. The maximum absolute atomic E-state index is 4.67. The molecule has 8 nitrogen and oxygen atoms in total. The second-order valence-corrected chi connectivity index (χ2v) is 7.75. The van der Waals surface area contributed by atoms with Crippen molar-refractivity contribution in [3.05, 3.63) is 47.7 Å². The molecule has 5 rings (SSSR count). The van der Waals surface area contributed by atoms with Crippen LogP contribution in [0.25, 0.3) is 11.0 Å². The van der Waals surface area contributed by atoms with Crippen LogP contribution >= 0.6 is 11.3 Å². The first-order chi connectivity index (χ1) is 13.8. The van der Waals surface area contributed by atoms with Crippen LogP contribution in [0.15, 0.2) is 42.7 Å². The molecule has 28 heavy (non-hydrogen) atoms. The van der Waals surface area contributed by atoms with Crippen molar-refractivity contribution in [3.8, 4) is 0 Å². The van der Waals surface area contributed by atoms with Gasteiger partial charge in [0.1, 0.15) is 10.8 Å². The summed E-state index contributed by atoms with van der Waals surface area (Å²) in [7, 11) is 0. The van der Waals surface area contributed by atoms with Crippen LogP contribution < -0.4 is 10.6 Å². The van der Waals surface area contributed by atoms with Crippen molar-refractivity contribution in [3.63, 3.8) is 0 Å². The van der Waals surface area contributed by atoms with Crippen molar-refractivity contribution in [2.45, 2.75) is 31.6 Å². The van der Waals surface area contributed by atoms with E-state index >= 15 is 0 Å². The van der Waals surface area contributed by atoms with Gasteiger partial charge in [0.25, 0.3) is 0 Å². The average molecular weight is 390 g/mol. The van der Waals surface area contributed by atoms with Crippen LogP contribution in [0.4, 0.5) is 22.5 Å². The zero-order chi connectivity index (χ0) is 18.8. The van der Waals surface area contributed by atoms with Gasteiger partial charge in [0.2, 0.25) is 5.13 Å². The third-order valence-corrected chi connectivity index (χ3v) is 5.76. The Kier molecular flexibility index (Phi) is 4.50. The Morgan fingerprint density at radius 1 is 0.929 bits per heavy atom. The highest BCUT2D eigenvalue weighted by atomic mass is 32.1. The number of hydrogen-bond donors (Lipinski definition) is 2. The largest absolute Gasteiger partial charge is 0.337 e. The molecule has 4 aromatic heterocycles. The van der Waals surface area contributed by atoms with Crippen LogP contribution in [0, 0.1) is 0 Å². The second kappa shape index (κ2) is 7.43. The van der Waals surface area contributed by atoms with Gasteiger partial charge >= 0.3 is 0 Å². The van der Waals surface area contributed by atoms with Gasteiger partial charge in [-0.3, -0.25) is 4.98 Å². The molecule has 0 atom stereocenters. The molecule has 1 aliphatic carbocycles. The molecule has 0 radical (unpaired) electrons. The highest BCUT2D eigenvalue weighted by molar-refractivity contribution is 7.15. The summed E-state index contributed by atoms with van der Waals surface area (Å²) in [6, 6.07) is 9.45. The number of nitrogens with one attached hydrogen (secondary N) is 2. The molecule has 1 fully saturated rings. The summed E-state index contributed by atoms with van der Waals surface area (Å²) < 4.78 is 0. The fourth-order valence-electron chi connectivity index (χ4n) is 3.39. The molecule has 1 saturated carbocycles. The number of nitrogens with zero attached hydrogens (tertiary/aromatic N) is 6. The third kappa shape index (κ3) is 3.61. The molecule has 0 aromatic carbocycles. The summed E-state index contributed by atoms with van der Waals surface area (Å²) in [6.45, 7) is 0. The van der Waals surface area contributed by atoms with E-state index in [1.54, 1.807) is 23.7 Å². The van der Waals surface area contributed by atoms with E-state index in [0.29, 0.717) is 11.7 Å². The Bertz CT molecular complexity index is 1090. The van der Waals surface area contributed by atoms with E-state index in [4.69, 9.17) is 0 Å². The summed E-state index contributed by atoms with van der Waals surface area (Å²) in [4.78, 5) is 9.12. The molecule has 2 N–H and O–H groups in total. The summed E-state index contributed by atoms with van der Waals surface area (Å²) in [5.41, 5.74) is 2.40. The highest BCUT2D eigenvalue weighted by Gasteiger charge is 2.21. The quantitative estimate of drug-likeness (QED) is 0.516. The van der Waals surface area contributed by atoms with Gasteiger partial charge in [0.15, 0.2) is 5.82 Å². The van der Waals surface area contributed by atoms with Crippen molar-refractivity contribution < 1.29 is 0 Å². The van der Waals surface area contributed by atoms with E-state index in [1.807, 2.05) is 30.3 Å². The van der Waals surface area contributed by atoms with Gasteiger partial charge in [-0.2, -0.15) is 5.10 Å². The molecule has 4 heterocycles. The van der Waals surface area contributed by atoms with E-state index in [-0.39, 0.29) is 0 Å². The first-order valence-electron chi connectivity index (χ1n) is 9.25. The zero-order valence-electron chi connectivity index (χ0n) is 15.0. The van der Waals surface area contributed by atoms with E-state index in [2.05, 4.69) is 41.0 Å². The van der Waals surface area contributed by atoms with Crippen LogP contribution in [0.2, 0.25) is 0 Å². The summed E-state index contributed by atoms with van der Waals surface area (Å²) in [5, 5.41) is 24.9. The first kappa shape index (κ1) is 16.9. The Hall–Kier alpha value is -3.20. The van der Waals surface area contributed by atoms with Crippen molar-refractivity contribution in [2.24, 2.45) is 0 Å². The molecule has 0 unspecified atom stereocenters. The minimum Gasteiger partial charge on any atom is -0.337 e. The molecule has 0 saturated heterocycles. The fourth-order valence-corrected chi connectivity index (χ4v) is 4.31. The number of rotatable bonds is 5. The number of anilines is 4. The van der Waals surface area contributed by atoms with E-state index in [1.165, 1.54) is 25.7 Å². The van der Waals surface area contributed by atoms with Gasteiger partial charge < -0.3 is 10.6 Å². The van der Waals surface area contributed by atoms with Crippen molar-refractivity contribution in [1.82, 2.24) is 30.4 Å². The fraction of sp³-hybridized carbons (Fsp3) is 0.263. The lowest BCUT2D eigenvalue weighted by Crippen LogP contribution is -1.97. The van der Waals surface area contributed by atoms with Crippen LogP contribution in [-0.4, -0.2) is 30.4 Å². The molecule has 0 amide bonds. The van der Waals surface area contributed by atoms with Gasteiger partial charge in [0.05, 0.1) is 22.9 Å². The monoisotopic (exact) mass is 390 g/mol. The molecule has 140 valence electrons. The van der Waals surface area contributed by atoms with Crippen molar-refractivity contribution in [1.29, 1.82) is 0 Å². The second-order valence-electron chi connectivity index (χ2n) is 6.74.